The number of rotatable bonds is 6. The number of hydrogen-bond acceptors (Lipinski definition) is 3. The van der Waals surface area contributed by atoms with Crippen LogP contribution in [0.15, 0.2) is 47.3 Å². The van der Waals surface area contributed by atoms with Gasteiger partial charge in [0.25, 0.3) is 5.91 Å². The van der Waals surface area contributed by atoms with E-state index in [-0.39, 0.29) is 24.0 Å². The van der Waals surface area contributed by atoms with E-state index >= 15 is 0 Å². The average Bonchev–Trinajstić information content (AvgIpc) is 2.93. The second-order valence-electron chi connectivity index (χ2n) is 5.28. The van der Waals surface area contributed by atoms with Crippen LogP contribution in [0.1, 0.15) is 5.56 Å². The average molecular weight is 329 g/mol. The Morgan fingerprint density at radius 1 is 1.12 bits per heavy atom. The molecule has 0 atom stereocenters. The maximum Gasteiger partial charge on any atom is 0.323 e. The predicted molar refractivity (Wildman–Crippen MR) is 87.5 cm³/mol. The zero-order valence-electron chi connectivity index (χ0n) is 12.8. The molecular formula is C17H16FN3O3. The zero-order chi connectivity index (χ0) is 16.9. The molecule has 0 unspecified atom stereocenters. The van der Waals surface area contributed by atoms with E-state index in [1.165, 1.54) is 12.1 Å². The standard InChI is InChI=1S/C17H16FN3O3/c18-12-3-1-2-4-15(12)24-10-16(22)19-8-7-11-5-6-13-14(9-11)21-17(23)20-13/h1-6,9H,7-8,10H2,(H,19,22)(H2,20,21,23). The minimum Gasteiger partial charge on any atom is -0.481 e. The second-order valence-corrected chi connectivity index (χ2v) is 5.28. The Bertz CT molecular complexity index is 917. The Hall–Kier alpha value is -3.09. The van der Waals surface area contributed by atoms with Gasteiger partial charge in [-0.1, -0.05) is 18.2 Å². The van der Waals surface area contributed by atoms with Crippen LogP contribution in [0.25, 0.3) is 11.0 Å². The zero-order valence-corrected chi connectivity index (χ0v) is 12.8. The fourth-order valence-corrected chi connectivity index (χ4v) is 2.34. The molecule has 0 aliphatic rings. The number of aromatic amines is 2. The van der Waals surface area contributed by atoms with Gasteiger partial charge in [-0.2, -0.15) is 0 Å². The monoisotopic (exact) mass is 329 g/mol. The van der Waals surface area contributed by atoms with Gasteiger partial charge in [0.2, 0.25) is 0 Å². The smallest absolute Gasteiger partial charge is 0.323 e. The van der Waals surface area contributed by atoms with E-state index in [2.05, 4.69) is 15.3 Å². The van der Waals surface area contributed by atoms with Gasteiger partial charge in [-0.25, -0.2) is 9.18 Å². The number of carbonyl (C=O) groups excluding carboxylic acids is 1. The lowest BCUT2D eigenvalue weighted by Gasteiger charge is -2.08. The summed E-state index contributed by atoms with van der Waals surface area (Å²) in [5, 5.41) is 2.71. The topological polar surface area (TPSA) is 87.0 Å². The molecule has 0 aliphatic carbocycles. The molecule has 3 N–H and O–H groups in total. The van der Waals surface area contributed by atoms with Crippen molar-refractivity contribution in [2.75, 3.05) is 13.2 Å². The fraction of sp³-hybridized carbons (Fsp3) is 0.176. The highest BCUT2D eigenvalue weighted by Crippen LogP contribution is 2.15. The lowest BCUT2D eigenvalue weighted by atomic mass is 10.1. The Morgan fingerprint density at radius 2 is 1.92 bits per heavy atom. The summed E-state index contributed by atoms with van der Waals surface area (Å²) in [5.74, 6) is -0.775. The van der Waals surface area contributed by atoms with Gasteiger partial charge in [0.1, 0.15) is 0 Å². The van der Waals surface area contributed by atoms with E-state index in [1.54, 1.807) is 12.1 Å². The molecule has 0 saturated heterocycles. The van der Waals surface area contributed by atoms with Crippen LogP contribution in [-0.2, 0) is 11.2 Å². The number of aromatic nitrogens is 2. The predicted octanol–water partition coefficient (Wildman–Crippen LogP) is 1.73. The summed E-state index contributed by atoms with van der Waals surface area (Å²) >= 11 is 0. The number of H-pyrrole nitrogens is 2. The number of fused-ring (bicyclic) bond motifs is 1. The van der Waals surface area contributed by atoms with Crippen molar-refractivity contribution in [2.24, 2.45) is 0 Å². The third kappa shape index (κ3) is 3.81. The quantitative estimate of drug-likeness (QED) is 0.644. The van der Waals surface area contributed by atoms with Crippen molar-refractivity contribution in [2.45, 2.75) is 6.42 Å². The molecule has 124 valence electrons. The number of amides is 1. The molecule has 0 fully saturated rings. The van der Waals surface area contributed by atoms with E-state index in [0.29, 0.717) is 13.0 Å². The highest BCUT2D eigenvalue weighted by atomic mass is 19.1. The molecule has 0 spiro atoms. The Kier molecular flexibility index (Phi) is 4.60. The Morgan fingerprint density at radius 3 is 2.75 bits per heavy atom. The molecule has 24 heavy (non-hydrogen) atoms. The molecule has 1 amide bonds. The van der Waals surface area contributed by atoms with Gasteiger partial charge in [0.15, 0.2) is 18.2 Å². The van der Waals surface area contributed by atoms with E-state index in [4.69, 9.17) is 4.74 Å². The molecule has 6 nitrogen and oxygen atoms in total. The first-order valence-corrected chi connectivity index (χ1v) is 7.47. The van der Waals surface area contributed by atoms with Crippen LogP contribution in [0.2, 0.25) is 0 Å². The van der Waals surface area contributed by atoms with Crippen LogP contribution in [0.4, 0.5) is 4.39 Å². The van der Waals surface area contributed by atoms with Gasteiger partial charge in [-0.15, -0.1) is 0 Å². The van der Waals surface area contributed by atoms with Crippen molar-refractivity contribution in [3.63, 3.8) is 0 Å². The van der Waals surface area contributed by atoms with Crippen molar-refractivity contribution >= 4 is 16.9 Å². The van der Waals surface area contributed by atoms with Crippen LogP contribution < -0.4 is 15.7 Å². The van der Waals surface area contributed by atoms with E-state index in [9.17, 15) is 14.0 Å². The first kappa shape index (κ1) is 15.8. The summed E-state index contributed by atoms with van der Waals surface area (Å²) in [5.41, 5.74) is 2.20. The van der Waals surface area contributed by atoms with Crippen LogP contribution >= 0.6 is 0 Å². The molecule has 0 radical (unpaired) electrons. The van der Waals surface area contributed by atoms with Crippen molar-refractivity contribution in [1.29, 1.82) is 0 Å². The van der Waals surface area contributed by atoms with Gasteiger partial charge < -0.3 is 20.0 Å². The molecule has 1 aromatic heterocycles. The van der Waals surface area contributed by atoms with E-state index < -0.39 is 5.82 Å². The van der Waals surface area contributed by atoms with Crippen LogP contribution in [0.5, 0.6) is 5.75 Å². The number of benzene rings is 2. The van der Waals surface area contributed by atoms with Crippen LogP contribution in [0.3, 0.4) is 0 Å². The molecule has 2 aromatic carbocycles. The summed E-state index contributed by atoms with van der Waals surface area (Å²) in [4.78, 5) is 28.3. The van der Waals surface area contributed by atoms with Crippen molar-refractivity contribution in [3.05, 3.63) is 64.3 Å². The highest BCUT2D eigenvalue weighted by Gasteiger charge is 2.06. The molecule has 7 heteroatoms. The number of hydrogen-bond donors (Lipinski definition) is 3. The summed E-state index contributed by atoms with van der Waals surface area (Å²) in [6.07, 6.45) is 0.606. The summed E-state index contributed by atoms with van der Waals surface area (Å²) < 4.78 is 18.5. The third-order valence-electron chi connectivity index (χ3n) is 3.51. The molecule has 0 saturated carbocycles. The van der Waals surface area contributed by atoms with Gasteiger partial charge in [-0.3, -0.25) is 4.79 Å². The number of para-hydroxylation sites is 1. The SMILES string of the molecule is O=C(COc1ccccc1F)NCCc1ccc2[nH]c(=O)[nH]c2c1. The van der Waals surface area contributed by atoms with Gasteiger partial charge in [0.05, 0.1) is 11.0 Å². The van der Waals surface area contributed by atoms with E-state index in [1.807, 2.05) is 18.2 Å². The minimum atomic E-state index is -0.501. The van der Waals surface area contributed by atoms with Gasteiger partial charge in [-0.05, 0) is 36.2 Å². The summed E-state index contributed by atoms with van der Waals surface area (Å²) in [6, 6.07) is 11.5. The van der Waals surface area contributed by atoms with E-state index in [0.717, 1.165) is 16.6 Å². The Balaban J connectivity index is 1.47. The molecule has 3 aromatic rings. The van der Waals surface area contributed by atoms with Gasteiger partial charge in [0, 0.05) is 6.54 Å². The molecular weight excluding hydrogens is 313 g/mol. The number of imidazole rings is 1. The first-order chi connectivity index (χ1) is 11.6. The van der Waals surface area contributed by atoms with Crippen molar-refractivity contribution in [3.8, 4) is 5.75 Å². The van der Waals surface area contributed by atoms with Crippen LogP contribution in [-0.4, -0.2) is 29.0 Å². The van der Waals surface area contributed by atoms with Crippen LogP contribution in [0, 0.1) is 5.82 Å². The molecule has 1 heterocycles. The van der Waals surface area contributed by atoms with Crippen molar-refractivity contribution < 1.29 is 13.9 Å². The number of carbonyl (C=O) groups is 1. The summed E-state index contributed by atoms with van der Waals surface area (Å²) in [7, 11) is 0. The first-order valence-electron chi connectivity index (χ1n) is 7.47. The third-order valence-corrected chi connectivity index (χ3v) is 3.51. The fourth-order valence-electron chi connectivity index (χ4n) is 2.34. The lowest BCUT2D eigenvalue weighted by Crippen LogP contribution is -2.30. The number of ether oxygens (including phenoxy) is 1. The lowest BCUT2D eigenvalue weighted by molar-refractivity contribution is -0.123. The minimum absolute atomic E-state index is 0.0505. The summed E-state index contributed by atoms with van der Waals surface area (Å²) in [6.45, 7) is 0.171. The maximum absolute atomic E-state index is 13.4. The second kappa shape index (κ2) is 6.99. The number of halogens is 1. The maximum atomic E-state index is 13.4. The highest BCUT2D eigenvalue weighted by molar-refractivity contribution is 5.77. The normalized spacial score (nSPS) is 10.7. The number of nitrogens with one attached hydrogen (secondary N) is 3. The molecule has 0 aliphatic heterocycles. The molecule has 3 rings (SSSR count). The largest absolute Gasteiger partial charge is 0.481 e. The molecule has 0 bridgehead atoms. The van der Waals surface area contributed by atoms with Crippen molar-refractivity contribution in [1.82, 2.24) is 15.3 Å². The van der Waals surface area contributed by atoms with Gasteiger partial charge >= 0.3 is 5.69 Å². The Labute approximate surface area is 136 Å².